The van der Waals surface area contributed by atoms with E-state index in [1.807, 2.05) is 0 Å². The zero-order chi connectivity index (χ0) is 8.65. The molecule has 72 valence electrons. The molecule has 1 aliphatic carbocycles. The van der Waals surface area contributed by atoms with E-state index in [9.17, 15) is 0 Å². The van der Waals surface area contributed by atoms with Crippen LogP contribution in [0.4, 0.5) is 0 Å². The van der Waals surface area contributed by atoms with Crippen molar-refractivity contribution >= 4 is 0 Å². The van der Waals surface area contributed by atoms with Crippen LogP contribution in [0, 0.1) is 5.92 Å². The Labute approximate surface area is 75.9 Å². The Morgan fingerprint density at radius 2 is 1.92 bits per heavy atom. The molecular formula is C10H22N2. The molecule has 0 heterocycles. The second kappa shape index (κ2) is 6.44. The molecule has 3 N–H and O–H groups in total. The second-order valence-electron chi connectivity index (χ2n) is 3.83. The number of hydrogen-bond donors (Lipinski definition) is 2. The van der Waals surface area contributed by atoms with Crippen molar-refractivity contribution < 1.29 is 0 Å². The van der Waals surface area contributed by atoms with Crippen LogP contribution in [0.15, 0.2) is 0 Å². The Balaban J connectivity index is 1.81. The van der Waals surface area contributed by atoms with Crippen LogP contribution in [0.3, 0.4) is 0 Å². The molecule has 0 aromatic rings. The molecule has 0 amide bonds. The molecule has 0 unspecified atom stereocenters. The minimum Gasteiger partial charge on any atom is -0.330 e. The summed E-state index contributed by atoms with van der Waals surface area (Å²) in [6, 6.07) is 0. The minimum absolute atomic E-state index is 0.816. The molecule has 0 aliphatic heterocycles. The van der Waals surface area contributed by atoms with E-state index in [0.717, 1.165) is 25.4 Å². The first-order valence-corrected chi connectivity index (χ1v) is 5.34. The summed E-state index contributed by atoms with van der Waals surface area (Å²) in [5, 5.41) is 3.43. The van der Waals surface area contributed by atoms with Gasteiger partial charge in [0.05, 0.1) is 0 Å². The van der Waals surface area contributed by atoms with Crippen LogP contribution in [0.2, 0.25) is 0 Å². The van der Waals surface area contributed by atoms with Gasteiger partial charge >= 0.3 is 0 Å². The fourth-order valence-corrected chi connectivity index (χ4v) is 1.96. The third-order valence-electron chi connectivity index (χ3n) is 2.76. The first-order valence-electron chi connectivity index (χ1n) is 5.34. The van der Waals surface area contributed by atoms with Gasteiger partial charge in [-0.1, -0.05) is 25.7 Å². The lowest BCUT2D eigenvalue weighted by atomic mass is 10.0. The summed E-state index contributed by atoms with van der Waals surface area (Å²) >= 11 is 0. The first-order chi connectivity index (χ1) is 5.93. The zero-order valence-corrected chi connectivity index (χ0v) is 8.02. The van der Waals surface area contributed by atoms with Crippen molar-refractivity contribution in [3.05, 3.63) is 0 Å². The van der Waals surface area contributed by atoms with E-state index in [-0.39, 0.29) is 0 Å². The SMILES string of the molecule is NCCCNCCC1CCCC1. The lowest BCUT2D eigenvalue weighted by Crippen LogP contribution is -2.20. The number of rotatable bonds is 6. The Kier molecular flexibility index (Phi) is 5.37. The molecule has 1 aliphatic rings. The van der Waals surface area contributed by atoms with E-state index in [0.29, 0.717) is 0 Å². The second-order valence-corrected chi connectivity index (χ2v) is 3.83. The molecule has 12 heavy (non-hydrogen) atoms. The maximum Gasteiger partial charge on any atom is -0.00369 e. The van der Waals surface area contributed by atoms with E-state index in [1.165, 1.54) is 38.6 Å². The average Bonchev–Trinajstić information content (AvgIpc) is 2.57. The van der Waals surface area contributed by atoms with Crippen LogP contribution in [0.1, 0.15) is 38.5 Å². The van der Waals surface area contributed by atoms with Gasteiger partial charge in [-0.15, -0.1) is 0 Å². The third-order valence-corrected chi connectivity index (χ3v) is 2.76. The van der Waals surface area contributed by atoms with Gasteiger partial charge in [0.1, 0.15) is 0 Å². The Morgan fingerprint density at radius 3 is 2.58 bits per heavy atom. The number of nitrogens with one attached hydrogen (secondary N) is 1. The van der Waals surface area contributed by atoms with Crippen molar-refractivity contribution in [1.82, 2.24) is 5.32 Å². The first kappa shape index (κ1) is 10.0. The van der Waals surface area contributed by atoms with Gasteiger partial charge in [0.25, 0.3) is 0 Å². The summed E-state index contributed by atoms with van der Waals surface area (Å²) in [6.45, 7) is 3.12. The summed E-state index contributed by atoms with van der Waals surface area (Å²) in [4.78, 5) is 0. The molecule has 0 aromatic heterocycles. The Bertz CT molecular complexity index is 98.0. The molecule has 1 rings (SSSR count). The van der Waals surface area contributed by atoms with Crippen molar-refractivity contribution in [3.8, 4) is 0 Å². The highest BCUT2D eigenvalue weighted by Crippen LogP contribution is 2.26. The maximum absolute atomic E-state index is 5.39. The van der Waals surface area contributed by atoms with Crippen LogP contribution in [0.25, 0.3) is 0 Å². The van der Waals surface area contributed by atoms with Crippen molar-refractivity contribution in [2.75, 3.05) is 19.6 Å². The molecule has 2 nitrogen and oxygen atoms in total. The smallest absolute Gasteiger partial charge is 0.00369 e. The van der Waals surface area contributed by atoms with Crippen LogP contribution < -0.4 is 11.1 Å². The molecule has 2 heteroatoms. The maximum atomic E-state index is 5.39. The molecule has 0 saturated heterocycles. The molecule has 0 aromatic carbocycles. The lowest BCUT2D eigenvalue weighted by Gasteiger charge is -2.08. The van der Waals surface area contributed by atoms with Gasteiger partial charge < -0.3 is 11.1 Å². The summed E-state index contributed by atoms with van der Waals surface area (Å²) in [6.07, 6.45) is 8.37. The summed E-state index contributed by atoms with van der Waals surface area (Å²) in [5.41, 5.74) is 5.39. The predicted molar refractivity (Wildman–Crippen MR) is 53.1 cm³/mol. The number of nitrogens with two attached hydrogens (primary N) is 1. The molecule has 0 radical (unpaired) electrons. The highest BCUT2D eigenvalue weighted by Gasteiger charge is 2.13. The van der Waals surface area contributed by atoms with E-state index >= 15 is 0 Å². The Morgan fingerprint density at radius 1 is 1.17 bits per heavy atom. The summed E-state index contributed by atoms with van der Waals surface area (Å²) in [7, 11) is 0. The molecular weight excluding hydrogens is 148 g/mol. The third kappa shape index (κ3) is 4.07. The molecule has 1 saturated carbocycles. The van der Waals surface area contributed by atoms with Crippen LogP contribution in [-0.4, -0.2) is 19.6 Å². The van der Waals surface area contributed by atoms with E-state index in [1.54, 1.807) is 0 Å². The van der Waals surface area contributed by atoms with Crippen molar-refractivity contribution in [3.63, 3.8) is 0 Å². The molecule has 0 spiro atoms. The normalized spacial score (nSPS) is 18.8. The monoisotopic (exact) mass is 170 g/mol. The van der Waals surface area contributed by atoms with E-state index < -0.39 is 0 Å². The lowest BCUT2D eigenvalue weighted by molar-refractivity contribution is 0.476. The number of hydrogen-bond acceptors (Lipinski definition) is 2. The summed E-state index contributed by atoms with van der Waals surface area (Å²) in [5.74, 6) is 1.02. The van der Waals surface area contributed by atoms with Gasteiger partial charge in [0.2, 0.25) is 0 Å². The standard InChI is InChI=1S/C10H22N2/c11-7-3-8-12-9-6-10-4-1-2-5-10/h10,12H,1-9,11H2. The van der Waals surface area contributed by atoms with Crippen molar-refractivity contribution in [2.24, 2.45) is 11.7 Å². The predicted octanol–water partition coefficient (Wildman–Crippen LogP) is 1.51. The Hall–Kier alpha value is -0.0800. The summed E-state index contributed by atoms with van der Waals surface area (Å²) < 4.78 is 0. The molecule has 1 fully saturated rings. The molecule has 0 bridgehead atoms. The van der Waals surface area contributed by atoms with E-state index in [4.69, 9.17) is 5.73 Å². The largest absolute Gasteiger partial charge is 0.330 e. The van der Waals surface area contributed by atoms with Gasteiger partial charge in [-0.05, 0) is 38.4 Å². The minimum atomic E-state index is 0.816. The van der Waals surface area contributed by atoms with Gasteiger partial charge in [-0.3, -0.25) is 0 Å². The van der Waals surface area contributed by atoms with Crippen LogP contribution in [0.5, 0.6) is 0 Å². The van der Waals surface area contributed by atoms with E-state index in [2.05, 4.69) is 5.32 Å². The van der Waals surface area contributed by atoms with Crippen molar-refractivity contribution in [2.45, 2.75) is 38.5 Å². The quantitative estimate of drug-likeness (QED) is 0.593. The fourth-order valence-electron chi connectivity index (χ4n) is 1.96. The average molecular weight is 170 g/mol. The topological polar surface area (TPSA) is 38.0 Å². The van der Waals surface area contributed by atoms with Gasteiger partial charge in [-0.25, -0.2) is 0 Å². The highest BCUT2D eigenvalue weighted by atomic mass is 14.8. The van der Waals surface area contributed by atoms with Crippen molar-refractivity contribution in [1.29, 1.82) is 0 Å². The molecule has 0 atom stereocenters. The van der Waals surface area contributed by atoms with Gasteiger partial charge in [-0.2, -0.15) is 0 Å². The van der Waals surface area contributed by atoms with Gasteiger partial charge in [0.15, 0.2) is 0 Å². The van der Waals surface area contributed by atoms with Crippen LogP contribution >= 0.6 is 0 Å². The highest BCUT2D eigenvalue weighted by molar-refractivity contribution is 4.68. The van der Waals surface area contributed by atoms with Gasteiger partial charge in [0, 0.05) is 0 Å². The fraction of sp³-hybridized carbons (Fsp3) is 1.00. The van der Waals surface area contributed by atoms with Crippen LogP contribution in [-0.2, 0) is 0 Å². The zero-order valence-electron chi connectivity index (χ0n) is 8.02.